The predicted octanol–water partition coefficient (Wildman–Crippen LogP) is 3.42. The highest BCUT2D eigenvalue weighted by Crippen LogP contribution is 2.33. The van der Waals surface area contributed by atoms with E-state index >= 15 is 0 Å². The van der Waals surface area contributed by atoms with Crippen molar-refractivity contribution in [3.8, 4) is 0 Å². The summed E-state index contributed by atoms with van der Waals surface area (Å²) >= 11 is 0. The van der Waals surface area contributed by atoms with Gasteiger partial charge in [-0.1, -0.05) is 36.4 Å². The smallest absolute Gasteiger partial charge is 0.257 e. The molecule has 3 aromatic rings. The summed E-state index contributed by atoms with van der Waals surface area (Å²) in [6.45, 7) is 2.85. The molecule has 2 aliphatic heterocycles. The Morgan fingerprint density at radius 2 is 1.71 bits per heavy atom. The number of hydrogen-bond donors (Lipinski definition) is 4. The number of aliphatic hydroxyl groups excluding tert-OH is 1. The van der Waals surface area contributed by atoms with Crippen LogP contribution >= 0.6 is 0 Å². The number of carbonyl (C=O) groups is 3. The second-order valence-corrected chi connectivity index (χ2v) is 9.71. The van der Waals surface area contributed by atoms with Gasteiger partial charge in [0, 0.05) is 59.5 Å². The number of primary amides is 1. The number of ketones is 1. The zero-order valence-corrected chi connectivity index (χ0v) is 20.9. The van der Waals surface area contributed by atoms with E-state index in [1.165, 1.54) is 11.6 Å². The van der Waals surface area contributed by atoms with Gasteiger partial charge in [-0.3, -0.25) is 14.4 Å². The minimum absolute atomic E-state index is 0.156. The Bertz CT molecular complexity index is 1410. The zero-order valence-electron chi connectivity index (χ0n) is 20.9. The molecule has 8 nitrogen and oxygen atoms in total. The number of piperidine rings is 1. The van der Waals surface area contributed by atoms with Gasteiger partial charge in [-0.25, -0.2) is 0 Å². The molecule has 0 atom stereocenters. The van der Waals surface area contributed by atoms with Crippen LogP contribution in [0, 0.1) is 0 Å². The van der Waals surface area contributed by atoms with Crippen LogP contribution in [0.15, 0.2) is 72.9 Å². The van der Waals surface area contributed by atoms with Gasteiger partial charge >= 0.3 is 0 Å². The Morgan fingerprint density at radius 3 is 2.45 bits per heavy atom. The molecule has 0 radical (unpaired) electrons. The van der Waals surface area contributed by atoms with Gasteiger partial charge in [0.25, 0.3) is 5.91 Å². The van der Waals surface area contributed by atoms with E-state index < -0.39 is 5.91 Å². The first-order valence-electron chi connectivity index (χ1n) is 12.7. The standard InChI is InChI=1S/C30H30N4O4/c31-29(37)22-3-1-2-20(16-22)28(36)21-6-9-25-26(30(38)33-27(25)17-21)18-32-23-7-4-19(5-8-23)10-13-34-14-11-24(35)12-15-34/h1-9,16-18,24,32,35H,10-15H2,(H2,31,37)(H,33,38)/b26-18-. The number of anilines is 2. The van der Waals surface area contributed by atoms with Gasteiger partial charge < -0.3 is 26.4 Å². The number of aliphatic hydroxyl groups is 1. The summed E-state index contributed by atoms with van der Waals surface area (Å²) < 4.78 is 0. The van der Waals surface area contributed by atoms with Crippen molar-refractivity contribution in [2.24, 2.45) is 5.73 Å². The third-order valence-corrected chi connectivity index (χ3v) is 7.08. The highest BCUT2D eigenvalue weighted by Gasteiger charge is 2.25. The summed E-state index contributed by atoms with van der Waals surface area (Å²) in [7, 11) is 0. The van der Waals surface area contributed by atoms with Crippen LogP contribution in [0.25, 0.3) is 5.57 Å². The first-order chi connectivity index (χ1) is 18.4. The molecule has 0 spiro atoms. The molecule has 0 saturated carbocycles. The quantitative estimate of drug-likeness (QED) is 0.272. The van der Waals surface area contributed by atoms with Gasteiger partial charge in [-0.05, 0) is 55.2 Å². The fourth-order valence-electron chi connectivity index (χ4n) is 4.81. The molecule has 0 unspecified atom stereocenters. The average Bonchev–Trinajstić information content (AvgIpc) is 3.25. The molecular formula is C30H30N4O4. The van der Waals surface area contributed by atoms with E-state index in [1.54, 1.807) is 42.6 Å². The molecule has 2 amide bonds. The van der Waals surface area contributed by atoms with E-state index in [1.807, 2.05) is 12.1 Å². The Morgan fingerprint density at radius 1 is 1.00 bits per heavy atom. The number of rotatable bonds is 8. The molecule has 5 rings (SSSR count). The van der Waals surface area contributed by atoms with Gasteiger partial charge in [0.05, 0.1) is 11.7 Å². The van der Waals surface area contributed by atoms with Crippen LogP contribution in [-0.4, -0.2) is 53.3 Å². The summed E-state index contributed by atoms with van der Waals surface area (Å²) in [5, 5.41) is 15.7. The molecule has 2 heterocycles. The van der Waals surface area contributed by atoms with Crippen LogP contribution in [0.2, 0.25) is 0 Å². The van der Waals surface area contributed by atoms with Gasteiger partial charge in [-0.2, -0.15) is 0 Å². The van der Waals surface area contributed by atoms with Gasteiger partial charge in [-0.15, -0.1) is 0 Å². The highest BCUT2D eigenvalue weighted by atomic mass is 16.3. The topological polar surface area (TPSA) is 125 Å². The number of nitrogens with one attached hydrogen (secondary N) is 2. The van der Waals surface area contributed by atoms with Crippen molar-refractivity contribution < 1.29 is 19.5 Å². The number of nitrogens with zero attached hydrogens (tertiary/aromatic N) is 1. The Labute approximate surface area is 221 Å². The van der Waals surface area contributed by atoms with Crippen molar-refractivity contribution in [2.45, 2.75) is 25.4 Å². The molecule has 3 aromatic carbocycles. The summed E-state index contributed by atoms with van der Waals surface area (Å²) in [6, 6.07) is 19.5. The summed E-state index contributed by atoms with van der Waals surface area (Å²) in [4.78, 5) is 39.5. The molecule has 2 aliphatic rings. The van der Waals surface area contributed by atoms with Crippen molar-refractivity contribution in [3.63, 3.8) is 0 Å². The van der Waals surface area contributed by atoms with Crippen LogP contribution in [-0.2, 0) is 11.2 Å². The highest BCUT2D eigenvalue weighted by molar-refractivity contribution is 6.32. The molecule has 0 bridgehead atoms. The molecule has 1 fully saturated rings. The maximum atomic E-state index is 13.0. The number of nitrogens with two attached hydrogens (primary N) is 1. The van der Waals surface area contributed by atoms with E-state index in [9.17, 15) is 19.5 Å². The summed E-state index contributed by atoms with van der Waals surface area (Å²) in [6.07, 6.45) is 4.15. The third-order valence-electron chi connectivity index (χ3n) is 7.08. The lowest BCUT2D eigenvalue weighted by molar-refractivity contribution is -0.110. The average molecular weight is 511 g/mol. The second kappa shape index (κ2) is 11.0. The van der Waals surface area contributed by atoms with E-state index in [2.05, 4.69) is 27.7 Å². The van der Waals surface area contributed by atoms with Crippen LogP contribution in [0.5, 0.6) is 0 Å². The number of fused-ring (bicyclic) bond motifs is 1. The van der Waals surface area contributed by atoms with Gasteiger partial charge in [0.15, 0.2) is 5.78 Å². The van der Waals surface area contributed by atoms with Crippen LogP contribution in [0.4, 0.5) is 11.4 Å². The largest absolute Gasteiger partial charge is 0.393 e. The van der Waals surface area contributed by atoms with Crippen LogP contribution < -0.4 is 16.4 Å². The lowest BCUT2D eigenvalue weighted by Gasteiger charge is -2.29. The third kappa shape index (κ3) is 5.66. The number of amides is 2. The van der Waals surface area contributed by atoms with Gasteiger partial charge in [0.2, 0.25) is 5.91 Å². The predicted molar refractivity (Wildman–Crippen MR) is 147 cm³/mol. The van der Waals surface area contributed by atoms with E-state index in [4.69, 9.17) is 5.73 Å². The van der Waals surface area contributed by atoms with Crippen molar-refractivity contribution in [1.29, 1.82) is 0 Å². The number of benzene rings is 3. The van der Waals surface area contributed by atoms with Crippen molar-refractivity contribution in [2.75, 3.05) is 30.3 Å². The molecule has 38 heavy (non-hydrogen) atoms. The van der Waals surface area contributed by atoms with Crippen molar-refractivity contribution >= 4 is 34.5 Å². The molecule has 1 saturated heterocycles. The minimum Gasteiger partial charge on any atom is -0.393 e. The summed E-state index contributed by atoms with van der Waals surface area (Å²) in [5.74, 6) is -1.12. The molecule has 194 valence electrons. The molecule has 5 N–H and O–H groups in total. The van der Waals surface area contributed by atoms with Crippen molar-refractivity contribution in [1.82, 2.24) is 4.90 Å². The number of carbonyl (C=O) groups excluding carboxylic acids is 3. The minimum atomic E-state index is -0.600. The molecule has 0 aliphatic carbocycles. The first-order valence-corrected chi connectivity index (χ1v) is 12.7. The Balaban J connectivity index is 1.23. The van der Waals surface area contributed by atoms with E-state index in [-0.39, 0.29) is 23.4 Å². The van der Waals surface area contributed by atoms with Crippen molar-refractivity contribution in [3.05, 3.63) is 101 Å². The molecular weight excluding hydrogens is 480 g/mol. The van der Waals surface area contributed by atoms with Crippen LogP contribution in [0.3, 0.4) is 0 Å². The monoisotopic (exact) mass is 510 g/mol. The maximum absolute atomic E-state index is 13.0. The van der Waals surface area contributed by atoms with Crippen LogP contribution in [0.1, 0.15) is 50.2 Å². The summed E-state index contributed by atoms with van der Waals surface area (Å²) in [5.41, 5.74) is 10.2. The van der Waals surface area contributed by atoms with E-state index in [0.29, 0.717) is 28.0 Å². The number of likely N-dealkylation sites (tertiary alicyclic amines) is 1. The lowest BCUT2D eigenvalue weighted by atomic mass is 9.98. The Kier molecular flexibility index (Phi) is 7.35. The van der Waals surface area contributed by atoms with Gasteiger partial charge in [0.1, 0.15) is 0 Å². The number of hydrogen-bond acceptors (Lipinski definition) is 6. The normalized spacial score (nSPS) is 16.8. The molecule has 0 aromatic heterocycles. The zero-order chi connectivity index (χ0) is 26.6. The lowest BCUT2D eigenvalue weighted by Crippen LogP contribution is -2.37. The maximum Gasteiger partial charge on any atom is 0.257 e. The second-order valence-electron chi connectivity index (χ2n) is 9.71. The van der Waals surface area contributed by atoms with E-state index in [0.717, 1.165) is 44.6 Å². The SMILES string of the molecule is NC(=O)c1cccc(C(=O)c2ccc3c(c2)NC(=O)/C3=C\Nc2ccc(CCN3CCC(O)CC3)cc2)c1. The Hall–Kier alpha value is -4.27. The fraction of sp³-hybridized carbons (Fsp3) is 0.233. The molecule has 8 heteroatoms. The fourth-order valence-corrected chi connectivity index (χ4v) is 4.81. The first kappa shape index (κ1) is 25.4.